The van der Waals surface area contributed by atoms with Crippen molar-refractivity contribution in [2.45, 2.75) is 12.8 Å². The van der Waals surface area contributed by atoms with Gasteiger partial charge in [0.2, 0.25) is 0 Å². The van der Waals surface area contributed by atoms with Gasteiger partial charge in [0.1, 0.15) is 0 Å². The lowest BCUT2D eigenvalue weighted by Gasteiger charge is -2.21. The van der Waals surface area contributed by atoms with E-state index in [1.165, 1.54) is 0 Å². The van der Waals surface area contributed by atoms with Gasteiger partial charge in [-0.05, 0) is 53.5 Å². The number of amides is 2. The molecule has 1 aliphatic rings. The molecule has 0 bridgehead atoms. The smallest absolute Gasteiger partial charge is 0.291 e. The fourth-order valence-electron chi connectivity index (χ4n) is 3.30. The molecule has 2 amide bonds. The SMILES string of the molecule is C[C@H](CNC(=O)c1ccc2c(c1)NC(=O)/C(=C/c1cccc(Cl)c1)O2)c1ccccc1. The predicted octanol–water partition coefficient (Wildman–Crippen LogP) is 5.25. The molecule has 0 saturated carbocycles. The van der Waals surface area contributed by atoms with Crippen LogP contribution in [0.5, 0.6) is 5.75 Å². The minimum atomic E-state index is -0.386. The molecule has 0 fully saturated rings. The Morgan fingerprint density at radius 3 is 2.68 bits per heavy atom. The van der Waals surface area contributed by atoms with Crippen molar-refractivity contribution in [1.29, 1.82) is 0 Å². The van der Waals surface area contributed by atoms with Gasteiger partial charge in [0, 0.05) is 17.1 Å². The Kier molecular flexibility index (Phi) is 6.05. The summed E-state index contributed by atoms with van der Waals surface area (Å²) >= 11 is 6.00. The Balaban J connectivity index is 1.45. The quantitative estimate of drug-likeness (QED) is 0.541. The van der Waals surface area contributed by atoms with E-state index in [1.54, 1.807) is 42.5 Å². The standard InChI is InChI=1S/C25H21ClN2O3/c1-16(18-7-3-2-4-8-18)15-27-24(29)19-10-11-22-21(14-19)28-25(30)23(31-22)13-17-6-5-9-20(26)12-17/h2-14,16H,15H2,1H3,(H,27,29)(H,28,30)/b23-13-/t16-/m1/s1. The normalized spacial score (nSPS) is 14.9. The van der Waals surface area contributed by atoms with Crippen LogP contribution in [0.3, 0.4) is 0 Å². The van der Waals surface area contributed by atoms with Crippen molar-refractivity contribution in [1.82, 2.24) is 5.32 Å². The number of anilines is 1. The molecule has 0 spiro atoms. The summed E-state index contributed by atoms with van der Waals surface area (Å²) in [6.07, 6.45) is 1.62. The van der Waals surface area contributed by atoms with Crippen LogP contribution in [0.2, 0.25) is 5.02 Å². The summed E-state index contributed by atoms with van der Waals surface area (Å²) in [6, 6.07) is 22.1. The molecule has 3 aromatic carbocycles. The number of hydrogen-bond acceptors (Lipinski definition) is 3. The van der Waals surface area contributed by atoms with E-state index in [2.05, 4.69) is 17.6 Å². The molecule has 6 heteroatoms. The highest BCUT2D eigenvalue weighted by Crippen LogP contribution is 2.32. The van der Waals surface area contributed by atoms with E-state index in [4.69, 9.17) is 16.3 Å². The molecule has 1 heterocycles. The molecule has 0 saturated heterocycles. The van der Waals surface area contributed by atoms with Crippen molar-refractivity contribution < 1.29 is 14.3 Å². The van der Waals surface area contributed by atoms with E-state index in [0.29, 0.717) is 28.6 Å². The number of fused-ring (bicyclic) bond motifs is 1. The van der Waals surface area contributed by atoms with Crippen LogP contribution >= 0.6 is 11.6 Å². The third kappa shape index (κ3) is 4.95. The summed E-state index contributed by atoms with van der Waals surface area (Å²) in [6.45, 7) is 2.57. The third-order valence-corrected chi connectivity index (χ3v) is 5.25. The zero-order valence-electron chi connectivity index (χ0n) is 16.9. The zero-order chi connectivity index (χ0) is 21.8. The molecule has 31 heavy (non-hydrogen) atoms. The first kappa shape index (κ1) is 20.7. The first-order valence-corrected chi connectivity index (χ1v) is 10.3. The number of benzene rings is 3. The summed E-state index contributed by atoms with van der Waals surface area (Å²) in [4.78, 5) is 25.1. The molecule has 1 aliphatic heterocycles. The summed E-state index contributed by atoms with van der Waals surface area (Å²) in [5.41, 5.74) is 2.82. The third-order valence-electron chi connectivity index (χ3n) is 5.02. The molecule has 4 rings (SSSR count). The van der Waals surface area contributed by atoms with Crippen LogP contribution in [0.25, 0.3) is 6.08 Å². The van der Waals surface area contributed by atoms with Crippen LogP contribution in [0.4, 0.5) is 5.69 Å². The number of nitrogens with one attached hydrogen (secondary N) is 2. The van der Waals surface area contributed by atoms with E-state index >= 15 is 0 Å². The van der Waals surface area contributed by atoms with Crippen LogP contribution in [0, 0.1) is 0 Å². The zero-order valence-corrected chi connectivity index (χ0v) is 17.6. The Labute approximate surface area is 185 Å². The van der Waals surface area contributed by atoms with Crippen LogP contribution in [-0.2, 0) is 4.79 Å². The van der Waals surface area contributed by atoms with Gasteiger partial charge in [-0.15, -0.1) is 0 Å². The number of carbonyl (C=O) groups excluding carboxylic acids is 2. The maximum absolute atomic E-state index is 12.6. The molecule has 0 radical (unpaired) electrons. The van der Waals surface area contributed by atoms with Crippen molar-refractivity contribution in [3.05, 3.63) is 100 Å². The highest BCUT2D eigenvalue weighted by Gasteiger charge is 2.23. The number of hydrogen-bond donors (Lipinski definition) is 2. The Bertz CT molecular complexity index is 1160. The fraction of sp³-hybridized carbons (Fsp3) is 0.120. The first-order chi connectivity index (χ1) is 15.0. The molecule has 1 atom stereocenters. The van der Waals surface area contributed by atoms with Gasteiger partial charge < -0.3 is 15.4 Å². The minimum absolute atomic E-state index is 0.156. The molecular weight excluding hydrogens is 412 g/mol. The summed E-state index contributed by atoms with van der Waals surface area (Å²) in [7, 11) is 0. The van der Waals surface area contributed by atoms with Crippen molar-refractivity contribution in [3.63, 3.8) is 0 Å². The van der Waals surface area contributed by atoms with Crippen molar-refractivity contribution in [2.24, 2.45) is 0 Å². The lowest BCUT2D eigenvalue weighted by Crippen LogP contribution is -2.28. The minimum Gasteiger partial charge on any atom is -0.449 e. The van der Waals surface area contributed by atoms with Gasteiger partial charge >= 0.3 is 0 Å². The molecular formula is C25H21ClN2O3. The van der Waals surface area contributed by atoms with E-state index in [1.807, 2.05) is 36.4 Å². The highest BCUT2D eigenvalue weighted by molar-refractivity contribution is 6.30. The molecule has 2 N–H and O–H groups in total. The van der Waals surface area contributed by atoms with Gasteiger partial charge in [0.05, 0.1) is 5.69 Å². The van der Waals surface area contributed by atoms with Crippen molar-refractivity contribution in [2.75, 3.05) is 11.9 Å². The summed E-state index contributed by atoms with van der Waals surface area (Å²) in [5, 5.41) is 6.30. The van der Waals surface area contributed by atoms with Crippen LogP contribution in [0.1, 0.15) is 34.3 Å². The number of rotatable bonds is 5. The van der Waals surface area contributed by atoms with E-state index < -0.39 is 0 Å². The monoisotopic (exact) mass is 432 g/mol. The maximum Gasteiger partial charge on any atom is 0.291 e. The lowest BCUT2D eigenvalue weighted by atomic mass is 10.0. The van der Waals surface area contributed by atoms with Crippen molar-refractivity contribution in [3.8, 4) is 5.75 Å². The predicted molar refractivity (Wildman–Crippen MR) is 122 cm³/mol. The summed E-state index contributed by atoms with van der Waals surface area (Å²) in [5.74, 6) is 0.221. The topological polar surface area (TPSA) is 67.4 Å². The highest BCUT2D eigenvalue weighted by atomic mass is 35.5. The van der Waals surface area contributed by atoms with Gasteiger partial charge in [0.25, 0.3) is 11.8 Å². The van der Waals surface area contributed by atoms with Crippen LogP contribution in [0.15, 0.2) is 78.6 Å². The van der Waals surface area contributed by atoms with E-state index in [-0.39, 0.29) is 23.5 Å². The first-order valence-electron chi connectivity index (χ1n) is 9.93. The Morgan fingerprint density at radius 2 is 1.90 bits per heavy atom. The number of ether oxygens (including phenoxy) is 1. The Hall–Kier alpha value is -3.57. The molecule has 0 unspecified atom stereocenters. The van der Waals surface area contributed by atoms with Crippen molar-refractivity contribution >= 4 is 35.2 Å². The fourth-order valence-corrected chi connectivity index (χ4v) is 3.50. The summed E-state index contributed by atoms with van der Waals surface area (Å²) < 4.78 is 5.75. The average Bonchev–Trinajstić information content (AvgIpc) is 2.78. The van der Waals surface area contributed by atoms with Gasteiger partial charge in [-0.25, -0.2) is 0 Å². The van der Waals surface area contributed by atoms with Gasteiger partial charge in [0.15, 0.2) is 11.5 Å². The molecule has 3 aromatic rings. The Morgan fingerprint density at radius 1 is 1.10 bits per heavy atom. The second-order valence-corrected chi connectivity index (χ2v) is 7.79. The van der Waals surface area contributed by atoms with Gasteiger partial charge in [-0.3, -0.25) is 9.59 Å². The number of halogens is 1. The van der Waals surface area contributed by atoms with Gasteiger partial charge in [-0.2, -0.15) is 0 Å². The maximum atomic E-state index is 12.6. The van der Waals surface area contributed by atoms with E-state index in [9.17, 15) is 9.59 Å². The number of carbonyl (C=O) groups is 2. The lowest BCUT2D eigenvalue weighted by molar-refractivity contribution is -0.115. The van der Waals surface area contributed by atoms with Crippen LogP contribution < -0.4 is 15.4 Å². The molecule has 0 aromatic heterocycles. The molecule has 5 nitrogen and oxygen atoms in total. The van der Waals surface area contributed by atoms with Gasteiger partial charge in [-0.1, -0.05) is 61.0 Å². The largest absolute Gasteiger partial charge is 0.449 e. The van der Waals surface area contributed by atoms with Crippen LogP contribution in [-0.4, -0.2) is 18.4 Å². The second-order valence-electron chi connectivity index (χ2n) is 7.35. The second kappa shape index (κ2) is 9.06. The van der Waals surface area contributed by atoms with E-state index in [0.717, 1.165) is 11.1 Å². The average molecular weight is 433 g/mol. The molecule has 0 aliphatic carbocycles. The molecule has 156 valence electrons.